The van der Waals surface area contributed by atoms with Gasteiger partial charge in [-0.15, -0.1) is 11.6 Å². The molecule has 2 aromatic carbocycles. The lowest BCUT2D eigenvalue weighted by Crippen LogP contribution is -2.56. The zero-order valence-electron chi connectivity index (χ0n) is 12.3. The minimum atomic E-state index is -0.546. The molecular weight excluding hydrogens is 302 g/mol. The number of carbonyl (C=O) groups is 1. The van der Waals surface area contributed by atoms with Gasteiger partial charge in [0.25, 0.3) is 0 Å². The highest BCUT2D eigenvalue weighted by Gasteiger charge is 2.47. The molecule has 22 heavy (non-hydrogen) atoms. The van der Waals surface area contributed by atoms with Gasteiger partial charge in [-0.1, -0.05) is 12.1 Å². The summed E-state index contributed by atoms with van der Waals surface area (Å²) in [5, 5.41) is -0.546. The van der Waals surface area contributed by atoms with Crippen molar-refractivity contribution in [2.24, 2.45) is 0 Å². The highest BCUT2D eigenvalue weighted by Crippen LogP contribution is 2.42. The van der Waals surface area contributed by atoms with Gasteiger partial charge in [0.2, 0.25) is 5.91 Å². The predicted molar refractivity (Wildman–Crippen MR) is 85.9 cm³/mol. The first kappa shape index (κ1) is 14.7. The van der Waals surface area contributed by atoms with Gasteiger partial charge in [-0.3, -0.25) is 4.79 Å². The van der Waals surface area contributed by atoms with Crippen LogP contribution in [0.1, 0.15) is 11.6 Å². The van der Waals surface area contributed by atoms with E-state index in [0.29, 0.717) is 0 Å². The predicted octanol–water partition coefficient (Wildman–Crippen LogP) is 3.40. The Bertz CT molecular complexity index is 669. The van der Waals surface area contributed by atoms with Crippen LogP contribution < -0.4 is 14.4 Å². The second kappa shape index (κ2) is 5.89. The number of hydrogen-bond acceptors (Lipinski definition) is 3. The van der Waals surface area contributed by atoms with Crippen LogP contribution in [0, 0.1) is 0 Å². The maximum atomic E-state index is 12.2. The van der Waals surface area contributed by atoms with Crippen molar-refractivity contribution in [2.75, 3.05) is 19.1 Å². The lowest BCUT2D eigenvalue weighted by Gasteiger charge is -2.44. The van der Waals surface area contributed by atoms with E-state index >= 15 is 0 Å². The summed E-state index contributed by atoms with van der Waals surface area (Å²) >= 11 is 6.23. The standard InChI is InChI=1S/C17H16ClNO3/c1-21-13-7-3-11(4-8-13)16-15(18)17(20)19(16)12-5-9-14(22-2)10-6-12/h3-10,15-16H,1-2H3/t15-,16?/m1/s1. The Morgan fingerprint density at radius 1 is 0.909 bits per heavy atom. The fraction of sp³-hybridized carbons (Fsp3) is 0.235. The van der Waals surface area contributed by atoms with Crippen LogP contribution in [0.2, 0.25) is 0 Å². The van der Waals surface area contributed by atoms with Gasteiger partial charge in [0, 0.05) is 5.69 Å². The summed E-state index contributed by atoms with van der Waals surface area (Å²) in [4.78, 5) is 13.9. The van der Waals surface area contributed by atoms with Crippen LogP contribution in [0.5, 0.6) is 11.5 Å². The fourth-order valence-corrected chi connectivity index (χ4v) is 2.97. The molecule has 1 aliphatic rings. The Hall–Kier alpha value is -2.20. The van der Waals surface area contributed by atoms with Crippen LogP contribution in [0.3, 0.4) is 0 Å². The van der Waals surface area contributed by atoms with E-state index in [0.717, 1.165) is 22.7 Å². The van der Waals surface area contributed by atoms with E-state index in [4.69, 9.17) is 21.1 Å². The monoisotopic (exact) mass is 317 g/mol. The van der Waals surface area contributed by atoms with E-state index in [-0.39, 0.29) is 11.9 Å². The van der Waals surface area contributed by atoms with Gasteiger partial charge in [-0.2, -0.15) is 0 Å². The van der Waals surface area contributed by atoms with Crippen LogP contribution in [-0.4, -0.2) is 25.5 Å². The zero-order valence-corrected chi connectivity index (χ0v) is 13.1. The number of amides is 1. The number of rotatable bonds is 4. The highest BCUT2D eigenvalue weighted by atomic mass is 35.5. The third kappa shape index (κ3) is 2.40. The third-order valence-corrected chi connectivity index (χ3v) is 4.26. The molecule has 0 aliphatic carbocycles. The zero-order chi connectivity index (χ0) is 15.7. The summed E-state index contributed by atoms with van der Waals surface area (Å²) in [6, 6.07) is 14.8. The summed E-state index contributed by atoms with van der Waals surface area (Å²) in [5.41, 5.74) is 1.79. The molecule has 1 amide bonds. The van der Waals surface area contributed by atoms with Crippen molar-refractivity contribution < 1.29 is 14.3 Å². The first-order valence-corrected chi connectivity index (χ1v) is 7.34. The summed E-state index contributed by atoms with van der Waals surface area (Å²) in [6.45, 7) is 0. The van der Waals surface area contributed by atoms with E-state index in [1.807, 2.05) is 48.5 Å². The van der Waals surface area contributed by atoms with Crippen molar-refractivity contribution in [3.8, 4) is 11.5 Å². The van der Waals surface area contributed by atoms with E-state index < -0.39 is 5.38 Å². The topological polar surface area (TPSA) is 38.8 Å². The van der Waals surface area contributed by atoms with Crippen LogP contribution in [-0.2, 0) is 4.79 Å². The summed E-state index contributed by atoms with van der Waals surface area (Å²) in [5.74, 6) is 1.43. The Labute approximate surface area is 134 Å². The number of benzene rings is 2. The van der Waals surface area contributed by atoms with Gasteiger partial charge in [0.15, 0.2) is 0 Å². The molecule has 5 heteroatoms. The lowest BCUT2D eigenvalue weighted by atomic mass is 9.92. The van der Waals surface area contributed by atoms with E-state index in [1.165, 1.54) is 0 Å². The quantitative estimate of drug-likeness (QED) is 0.641. The van der Waals surface area contributed by atoms with Crippen molar-refractivity contribution >= 4 is 23.2 Å². The molecule has 0 bridgehead atoms. The number of alkyl halides is 1. The molecule has 0 saturated carbocycles. The number of halogens is 1. The Kier molecular flexibility index (Phi) is 3.94. The van der Waals surface area contributed by atoms with Crippen molar-refractivity contribution in [1.29, 1.82) is 0 Å². The second-order valence-corrected chi connectivity index (χ2v) is 5.50. The maximum Gasteiger partial charge on any atom is 0.248 e. The Balaban J connectivity index is 1.89. The fourth-order valence-electron chi connectivity index (χ4n) is 2.60. The Morgan fingerprint density at radius 3 is 1.91 bits per heavy atom. The SMILES string of the molecule is COc1ccc(C2[C@@H](Cl)C(=O)N2c2ccc(OC)cc2)cc1. The smallest absolute Gasteiger partial charge is 0.248 e. The average molecular weight is 318 g/mol. The molecule has 0 N–H and O–H groups in total. The number of hydrogen-bond donors (Lipinski definition) is 0. The van der Waals surface area contributed by atoms with E-state index in [1.54, 1.807) is 19.1 Å². The summed E-state index contributed by atoms with van der Waals surface area (Å²) < 4.78 is 10.3. The van der Waals surface area contributed by atoms with Gasteiger partial charge in [-0.25, -0.2) is 0 Å². The normalized spacial score (nSPS) is 20.5. The lowest BCUT2D eigenvalue weighted by molar-refractivity contribution is -0.123. The number of methoxy groups -OCH3 is 2. The van der Waals surface area contributed by atoms with Crippen molar-refractivity contribution in [1.82, 2.24) is 0 Å². The number of nitrogens with zero attached hydrogens (tertiary/aromatic N) is 1. The molecule has 2 atom stereocenters. The van der Waals surface area contributed by atoms with Crippen LogP contribution in [0.4, 0.5) is 5.69 Å². The van der Waals surface area contributed by atoms with Gasteiger partial charge in [-0.05, 0) is 42.0 Å². The largest absolute Gasteiger partial charge is 0.497 e. The van der Waals surface area contributed by atoms with Gasteiger partial charge >= 0.3 is 0 Å². The van der Waals surface area contributed by atoms with Gasteiger partial charge in [0.1, 0.15) is 16.9 Å². The molecule has 3 rings (SSSR count). The highest BCUT2D eigenvalue weighted by molar-refractivity contribution is 6.37. The summed E-state index contributed by atoms with van der Waals surface area (Å²) in [7, 11) is 3.23. The average Bonchev–Trinajstić information content (AvgIpc) is 2.59. The molecule has 2 aromatic rings. The summed E-state index contributed by atoms with van der Waals surface area (Å²) in [6.07, 6.45) is 0. The molecule has 0 radical (unpaired) electrons. The number of β-lactam (4-membered cyclic amide) rings is 1. The van der Waals surface area contributed by atoms with E-state index in [9.17, 15) is 4.79 Å². The number of anilines is 1. The number of carbonyl (C=O) groups excluding carboxylic acids is 1. The third-order valence-electron chi connectivity index (χ3n) is 3.84. The molecular formula is C17H16ClNO3. The molecule has 1 saturated heterocycles. The maximum absolute atomic E-state index is 12.2. The van der Waals surface area contributed by atoms with Crippen molar-refractivity contribution in [3.05, 3.63) is 54.1 Å². The van der Waals surface area contributed by atoms with Crippen molar-refractivity contribution in [3.63, 3.8) is 0 Å². The minimum absolute atomic E-state index is 0.0901. The molecule has 114 valence electrons. The van der Waals surface area contributed by atoms with Gasteiger partial charge < -0.3 is 14.4 Å². The van der Waals surface area contributed by atoms with Crippen molar-refractivity contribution in [2.45, 2.75) is 11.4 Å². The van der Waals surface area contributed by atoms with Gasteiger partial charge in [0.05, 0.1) is 20.3 Å². The van der Waals surface area contributed by atoms with Crippen LogP contribution in [0.25, 0.3) is 0 Å². The van der Waals surface area contributed by atoms with Crippen LogP contribution in [0.15, 0.2) is 48.5 Å². The molecule has 4 nitrogen and oxygen atoms in total. The van der Waals surface area contributed by atoms with Crippen LogP contribution >= 0.6 is 11.6 Å². The first-order chi connectivity index (χ1) is 10.7. The minimum Gasteiger partial charge on any atom is -0.497 e. The Morgan fingerprint density at radius 2 is 1.41 bits per heavy atom. The van der Waals surface area contributed by atoms with E-state index in [2.05, 4.69) is 0 Å². The molecule has 1 aliphatic heterocycles. The molecule has 0 aromatic heterocycles. The number of ether oxygens (including phenoxy) is 2. The molecule has 1 fully saturated rings. The molecule has 1 heterocycles. The molecule has 1 unspecified atom stereocenters. The second-order valence-electron chi connectivity index (χ2n) is 5.03. The molecule has 0 spiro atoms. The first-order valence-electron chi connectivity index (χ1n) is 6.91.